The summed E-state index contributed by atoms with van der Waals surface area (Å²) in [6.07, 6.45) is -21.1. The summed E-state index contributed by atoms with van der Waals surface area (Å²) in [5.41, 5.74) is 0. The van der Waals surface area contributed by atoms with Crippen LogP contribution in [0.25, 0.3) is 0 Å². The van der Waals surface area contributed by atoms with E-state index in [1.165, 1.54) is 20.8 Å². The second kappa shape index (κ2) is 9.77. The van der Waals surface area contributed by atoms with E-state index in [9.17, 15) is 40.9 Å². The largest absolute Gasteiger partial charge is 0.388 e. The lowest BCUT2D eigenvalue weighted by atomic mass is 9.97. The van der Waals surface area contributed by atoms with Gasteiger partial charge in [-0.2, -0.15) is 0 Å². The summed E-state index contributed by atoms with van der Waals surface area (Å²) in [7, 11) is 0. The Kier molecular flexibility index (Phi) is 7.91. The van der Waals surface area contributed by atoms with Crippen molar-refractivity contribution in [3.63, 3.8) is 0 Å². The van der Waals surface area contributed by atoms with Crippen LogP contribution in [-0.4, -0.2) is 133 Å². The maximum absolute atomic E-state index is 10.6. The van der Waals surface area contributed by atoms with E-state index in [0.29, 0.717) is 0 Å². The Bertz CT molecular complexity index is 595. The van der Waals surface area contributed by atoms with Crippen molar-refractivity contribution in [3.8, 4) is 0 Å². The van der Waals surface area contributed by atoms with Crippen LogP contribution >= 0.6 is 0 Å². The Morgan fingerprint density at radius 1 is 0.452 bits per heavy atom. The molecular formula is C18H32O13. The summed E-state index contributed by atoms with van der Waals surface area (Å²) in [5.74, 6) is 0. The molecule has 3 heterocycles. The van der Waals surface area contributed by atoms with Gasteiger partial charge in [0, 0.05) is 0 Å². The van der Waals surface area contributed by atoms with Crippen molar-refractivity contribution < 1.29 is 64.5 Å². The lowest BCUT2D eigenvalue weighted by Crippen LogP contribution is -2.65. The number of hydrogen-bond donors (Lipinski definition) is 8. The Hall–Kier alpha value is -0.520. The van der Waals surface area contributed by atoms with Crippen LogP contribution in [0.1, 0.15) is 20.8 Å². The first-order valence-electron chi connectivity index (χ1n) is 10.2. The average molecular weight is 456 g/mol. The molecule has 0 amide bonds. The molecule has 0 aromatic rings. The summed E-state index contributed by atoms with van der Waals surface area (Å²) < 4.78 is 27.2. The Balaban J connectivity index is 1.78. The molecule has 0 aromatic carbocycles. The molecule has 0 unspecified atom stereocenters. The van der Waals surface area contributed by atoms with Gasteiger partial charge < -0.3 is 64.5 Å². The fourth-order valence-corrected chi connectivity index (χ4v) is 3.87. The van der Waals surface area contributed by atoms with Crippen molar-refractivity contribution in [2.45, 2.75) is 113 Å². The number of aliphatic hydroxyl groups excluding tert-OH is 8. The van der Waals surface area contributed by atoms with Gasteiger partial charge in [-0.15, -0.1) is 0 Å². The molecule has 3 aliphatic rings. The Morgan fingerprint density at radius 2 is 0.839 bits per heavy atom. The summed E-state index contributed by atoms with van der Waals surface area (Å²) in [6.45, 7) is 4.34. The highest BCUT2D eigenvalue weighted by atomic mass is 16.8. The van der Waals surface area contributed by atoms with Crippen molar-refractivity contribution in [2.75, 3.05) is 0 Å². The molecule has 0 aliphatic carbocycles. The normalized spacial score (nSPS) is 56.4. The highest BCUT2D eigenvalue weighted by Gasteiger charge is 2.52. The molecule has 0 bridgehead atoms. The molecule has 8 N–H and O–H groups in total. The third kappa shape index (κ3) is 4.89. The second-order valence-corrected chi connectivity index (χ2v) is 8.29. The van der Waals surface area contributed by atoms with E-state index in [0.717, 1.165) is 0 Å². The smallest absolute Gasteiger partial charge is 0.187 e. The van der Waals surface area contributed by atoms with Gasteiger partial charge in [0.25, 0.3) is 0 Å². The minimum Gasteiger partial charge on any atom is -0.388 e. The van der Waals surface area contributed by atoms with Gasteiger partial charge >= 0.3 is 0 Å². The van der Waals surface area contributed by atoms with Crippen molar-refractivity contribution in [1.29, 1.82) is 0 Å². The molecule has 3 fully saturated rings. The molecule has 0 radical (unpaired) electrons. The van der Waals surface area contributed by atoms with Gasteiger partial charge in [0.05, 0.1) is 18.3 Å². The SMILES string of the molecule is C[C@@H]1O[C@@H](O[C@@H]2[C@H](O)[C@H](C)O[C@@H](O)[C@H]2O[C@@H]2O[C@@H](C)[C@@H](O)[C@@H](O)[C@@H]2O)[C@@H](O)[C@H](O)[C@@H]1O. The van der Waals surface area contributed by atoms with Gasteiger partial charge in [0.1, 0.15) is 54.9 Å². The highest BCUT2D eigenvalue weighted by Crippen LogP contribution is 2.32. The zero-order chi connectivity index (χ0) is 23.2. The fourth-order valence-electron chi connectivity index (χ4n) is 3.87. The van der Waals surface area contributed by atoms with Gasteiger partial charge in [0.2, 0.25) is 0 Å². The summed E-state index contributed by atoms with van der Waals surface area (Å²) >= 11 is 0. The number of hydrogen-bond acceptors (Lipinski definition) is 13. The third-order valence-electron chi connectivity index (χ3n) is 5.98. The van der Waals surface area contributed by atoms with Gasteiger partial charge in [-0.25, -0.2) is 0 Å². The second-order valence-electron chi connectivity index (χ2n) is 8.29. The van der Waals surface area contributed by atoms with Gasteiger partial charge in [-0.3, -0.25) is 0 Å². The minimum absolute atomic E-state index is 0.914. The lowest BCUT2D eigenvalue weighted by molar-refractivity contribution is -0.382. The first kappa shape index (κ1) is 25.1. The first-order valence-corrected chi connectivity index (χ1v) is 10.2. The van der Waals surface area contributed by atoms with Crippen molar-refractivity contribution >= 4 is 0 Å². The van der Waals surface area contributed by atoms with Crippen molar-refractivity contribution in [3.05, 3.63) is 0 Å². The van der Waals surface area contributed by atoms with Gasteiger partial charge in [-0.1, -0.05) is 0 Å². The van der Waals surface area contributed by atoms with E-state index in [1.807, 2.05) is 0 Å². The highest BCUT2D eigenvalue weighted by molar-refractivity contribution is 4.94. The van der Waals surface area contributed by atoms with Gasteiger partial charge in [-0.05, 0) is 20.8 Å². The van der Waals surface area contributed by atoms with Crippen LogP contribution < -0.4 is 0 Å². The van der Waals surface area contributed by atoms with E-state index >= 15 is 0 Å². The summed E-state index contributed by atoms with van der Waals surface area (Å²) in [4.78, 5) is 0. The standard InChI is InChI=1S/C18H32O13/c1-4-7(19)10(22)12(24)17(28-4)30-14-9(21)6(3)27-16(26)15(14)31-18-13(25)11(23)8(20)5(2)29-18/h4-26H,1-3H3/t4-,5-,6-,7+,8+,9+,10+,11+,12-,13-,14+,15-,16+,17-,18-/m0/s1. The molecule has 3 saturated heterocycles. The first-order chi connectivity index (χ1) is 14.4. The number of ether oxygens (including phenoxy) is 5. The number of aliphatic hydroxyl groups is 8. The fraction of sp³-hybridized carbons (Fsp3) is 1.00. The van der Waals surface area contributed by atoms with Crippen molar-refractivity contribution in [2.24, 2.45) is 0 Å². The molecule has 31 heavy (non-hydrogen) atoms. The Morgan fingerprint density at radius 3 is 1.29 bits per heavy atom. The number of rotatable bonds is 4. The van der Waals surface area contributed by atoms with Crippen LogP contribution in [0.4, 0.5) is 0 Å². The van der Waals surface area contributed by atoms with Crippen LogP contribution in [0.2, 0.25) is 0 Å². The quantitative estimate of drug-likeness (QED) is 0.201. The minimum atomic E-state index is -1.69. The molecule has 13 heteroatoms. The maximum Gasteiger partial charge on any atom is 0.187 e. The molecule has 0 aromatic heterocycles. The zero-order valence-corrected chi connectivity index (χ0v) is 17.3. The molecule has 0 spiro atoms. The van der Waals surface area contributed by atoms with Crippen LogP contribution in [0.3, 0.4) is 0 Å². The van der Waals surface area contributed by atoms with E-state index < -0.39 is 92.1 Å². The summed E-state index contributed by atoms with van der Waals surface area (Å²) in [6, 6.07) is 0. The molecular weight excluding hydrogens is 424 g/mol. The van der Waals surface area contributed by atoms with E-state index in [1.54, 1.807) is 0 Å². The van der Waals surface area contributed by atoms with Crippen LogP contribution in [0, 0.1) is 0 Å². The third-order valence-corrected chi connectivity index (χ3v) is 5.98. The Labute approximate surface area is 178 Å². The van der Waals surface area contributed by atoms with Crippen LogP contribution in [0.5, 0.6) is 0 Å². The molecule has 15 atom stereocenters. The average Bonchev–Trinajstić information content (AvgIpc) is 2.72. The topological polar surface area (TPSA) is 208 Å². The van der Waals surface area contributed by atoms with Crippen LogP contribution in [-0.2, 0) is 23.7 Å². The van der Waals surface area contributed by atoms with E-state index in [-0.39, 0.29) is 0 Å². The monoisotopic (exact) mass is 456 g/mol. The van der Waals surface area contributed by atoms with E-state index in [2.05, 4.69) is 0 Å². The lowest BCUT2D eigenvalue weighted by Gasteiger charge is -2.47. The molecule has 3 rings (SSSR count). The van der Waals surface area contributed by atoms with E-state index in [4.69, 9.17) is 23.7 Å². The zero-order valence-electron chi connectivity index (χ0n) is 17.3. The summed E-state index contributed by atoms with van der Waals surface area (Å²) in [5, 5.41) is 81.0. The van der Waals surface area contributed by atoms with Gasteiger partial charge in [0.15, 0.2) is 18.9 Å². The molecule has 0 saturated carbocycles. The maximum atomic E-state index is 10.6. The predicted octanol–water partition coefficient (Wildman–Crippen LogP) is -4.49. The molecule has 182 valence electrons. The predicted molar refractivity (Wildman–Crippen MR) is 97.0 cm³/mol. The molecule has 13 nitrogen and oxygen atoms in total. The van der Waals surface area contributed by atoms with Crippen LogP contribution in [0.15, 0.2) is 0 Å². The molecule has 3 aliphatic heterocycles. The van der Waals surface area contributed by atoms with Crippen molar-refractivity contribution in [1.82, 2.24) is 0 Å².